The highest BCUT2D eigenvalue weighted by atomic mass is 32.2. The zero-order valence-corrected chi connectivity index (χ0v) is 16.8. The Morgan fingerprint density at radius 2 is 1.82 bits per heavy atom. The Labute approximate surface area is 166 Å². The van der Waals surface area contributed by atoms with E-state index in [9.17, 15) is 13.2 Å². The molecule has 0 aromatic heterocycles. The molecule has 1 saturated heterocycles. The summed E-state index contributed by atoms with van der Waals surface area (Å²) in [5.74, 6) is 0.725. The van der Waals surface area contributed by atoms with E-state index in [4.69, 9.17) is 4.74 Å². The number of nitrogens with zero attached hydrogens (tertiary/aromatic N) is 1. The number of sulfonamides is 1. The van der Waals surface area contributed by atoms with Crippen molar-refractivity contribution in [3.8, 4) is 5.75 Å². The van der Waals surface area contributed by atoms with Crippen LogP contribution in [0.2, 0.25) is 0 Å². The number of piperidine rings is 1. The quantitative estimate of drug-likeness (QED) is 0.804. The van der Waals surface area contributed by atoms with Gasteiger partial charge >= 0.3 is 6.09 Å². The van der Waals surface area contributed by atoms with Gasteiger partial charge in [0.25, 0.3) is 0 Å². The summed E-state index contributed by atoms with van der Waals surface area (Å²) in [6.07, 6.45) is 1.14. The molecule has 2 aromatic rings. The Hall–Kier alpha value is -2.38. The monoisotopic (exact) mass is 402 g/mol. The fraction of sp³-hybridized carbons (Fsp3) is 0.381. The van der Waals surface area contributed by atoms with Gasteiger partial charge in [-0.1, -0.05) is 48.0 Å². The Kier molecular flexibility index (Phi) is 6.70. The van der Waals surface area contributed by atoms with E-state index in [1.807, 2.05) is 49.4 Å². The van der Waals surface area contributed by atoms with Gasteiger partial charge in [-0.3, -0.25) is 0 Å². The summed E-state index contributed by atoms with van der Waals surface area (Å²) in [5.41, 5.74) is 1.83. The van der Waals surface area contributed by atoms with Crippen molar-refractivity contribution in [2.45, 2.75) is 25.5 Å². The molecular weight excluding hydrogens is 376 g/mol. The molecule has 0 unspecified atom stereocenters. The first-order chi connectivity index (χ1) is 13.4. The molecule has 2 aromatic carbocycles. The van der Waals surface area contributed by atoms with Crippen molar-refractivity contribution in [3.05, 3.63) is 65.7 Å². The number of ether oxygens (including phenoxy) is 1. The number of carbonyl (C=O) groups excluding carboxylic acids is 1. The molecule has 0 saturated carbocycles. The van der Waals surface area contributed by atoms with Crippen LogP contribution in [0.3, 0.4) is 0 Å². The summed E-state index contributed by atoms with van der Waals surface area (Å²) >= 11 is 0. The Bertz CT molecular complexity index is 892. The van der Waals surface area contributed by atoms with Crippen molar-refractivity contribution in [2.24, 2.45) is 5.92 Å². The summed E-state index contributed by atoms with van der Waals surface area (Å²) in [6.45, 7) is 3.47. The first kappa shape index (κ1) is 20.4. The molecule has 1 aliphatic rings. The van der Waals surface area contributed by atoms with Crippen LogP contribution >= 0.6 is 0 Å². The van der Waals surface area contributed by atoms with Crippen molar-refractivity contribution in [1.29, 1.82) is 0 Å². The maximum Gasteiger partial charge on any atom is 0.415 e. The molecule has 28 heavy (non-hydrogen) atoms. The Balaban J connectivity index is 1.43. The van der Waals surface area contributed by atoms with Crippen molar-refractivity contribution < 1.29 is 17.9 Å². The van der Waals surface area contributed by atoms with Gasteiger partial charge in [0.1, 0.15) is 5.75 Å². The van der Waals surface area contributed by atoms with E-state index in [-0.39, 0.29) is 17.8 Å². The predicted molar refractivity (Wildman–Crippen MR) is 109 cm³/mol. The third-order valence-electron chi connectivity index (χ3n) is 4.85. The highest BCUT2D eigenvalue weighted by molar-refractivity contribution is 7.88. The number of hydrogen-bond acceptors (Lipinski definition) is 4. The lowest BCUT2D eigenvalue weighted by Gasteiger charge is -2.31. The molecule has 0 radical (unpaired) electrons. The van der Waals surface area contributed by atoms with Gasteiger partial charge in [-0.25, -0.2) is 17.9 Å². The van der Waals surface area contributed by atoms with E-state index in [0.29, 0.717) is 25.4 Å². The van der Waals surface area contributed by atoms with E-state index in [2.05, 4.69) is 4.72 Å². The maximum atomic E-state index is 12.3. The minimum Gasteiger partial charge on any atom is -0.410 e. The molecule has 1 N–H and O–H groups in total. The Morgan fingerprint density at radius 3 is 2.50 bits per heavy atom. The van der Waals surface area contributed by atoms with Gasteiger partial charge in [-0.15, -0.1) is 0 Å². The van der Waals surface area contributed by atoms with E-state index in [0.717, 1.165) is 24.0 Å². The molecule has 0 aliphatic carbocycles. The summed E-state index contributed by atoms with van der Waals surface area (Å²) < 4.78 is 32.7. The van der Waals surface area contributed by atoms with Gasteiger partial charge in [-0.2, -0.15) is 0 Å². The minimum atomic E-state index is -3.38. The number of amides is 1. The lowest BCUT2D eigenvalue weighted by atomic mass is 9.97. The smallest absolute Gasteiger partial charge is 0.410 e. The highest BCUT2D eigenvalue weighted by Crippen LogP contribution is 2.19. The molecule has 0 bridgehead atoms. The normalized spacial score (nSPS) is 15.4. The molecule has 7 heteroatoms. The van der Waals surface area contributed by atoms with Gasteiger partial charge in [0.2, 0.25) is 10.0 Å². The summed E-state index contributed by atoms with van der Waals surface area (Å²) in [4.78, 5) is 13.9. The average Bonchev–Trinajstić information content (AvgIpc) is 2.67. The number of para-hydroxylation sites is 1. The largest absolute Gasteiger partial charge is 0.415 e. The summed E-state index contributed by atoms with van der Waals surface area (Å²) in [7, 11) is -3.38. The van der Waals surface area contributed by atoms with Gasteiger partial charge < -0.3 is 9.64 Å². The number of benzene rings is 2. The molecule has 1 fully saturated rings. The summed E-state index contributed by atoms with van der Waals surface area (Å²) in [5, 5.41) is 0. The molecule has 0 spiro atoms. The average molecular weight is 403 g/mol. The zero-order valence-electron chi connectivity index (χ0n) is 16.0. The van der Waals surface area contributed by atoms with E-state index < -0.39 is 10.0 Å². The summed E-state index contributed by atoms with van der Waals surface area (Å²) in [6, 6.07) is 16.5. The van der Waals surface area contributed by atoms with Crippen LogP contribution in [0.4, 0.5) is 4.79 Å². The van der Waals surface area contributed by atoms with Gasteiger partial charge in [0.05, 0.1) is 5.75 Å². The molecular formula is C21H26N2O4S. The molecule has 150 valence electrons. The maximum absolute atomic E-state index is 12.3. The number of rotatable bonds is 6. The van der Waals surface area contributed by atoms with E-state index in [1.54, 1.807) is 17.0 Å². The van der Waals surface area contributed by atoms with Crippen molar-refractivity contribution >= 4 is 16.1 Å². The third kappa shape index (κ3) is 6.07. The second-order valence-corrected chi connectivity index (χ2v) is 9.01. The standard InChI is InChI=1S/C21H26N2O4S/c1-17-6-5-7-19(14-17)16-28(25,26)22-15-18-10-12-23(13-11-18)21(24)27-20-8-3-2-4-9-20/h2-9,14,18,22H,10-13,15-16H2,1H3. The van der Waals surface area contributed by atoms with Crippen molar-refractivity contribution in [2.75, 3.05) is 19.6 Å². The fourth-order valence-corrected chi connectivity index (χ4v) is 4.50. The van der Waals surface area contributed by atoms with Gasteiger partial charge in [0.15, 0.2) is 0 Å². The second-order valence-electron chi connectivity index (χ2n) is 7.21. The topological polar surface area (TPSA) is 75.7 Å². The van der Waals surface area contributed by atoms with Crippen LogP contribution in [0.15, 0.2) is 54.6 Å². The van der Waals surface area contributed by atoms with E-state index in [1.165, 1.54) is 0 Å². The molecule has 1 aliphatic heterocycles. The SMILES string of the molecule is Cc1cccc(CS(=O)(=O)NCC2CCN(C(=O)Oc3ccccc3)CC2)c1. The predicted octanol–water partition coefficient (Wildman–Crippen LogP) is 3.33. The molecule has 1 amide bonds. The number of aryl methyl sites for hydroxylation is 1. The minimum absolute atomic E-state index is 0.0169. The number of likely N-dealkylation sites (tertiary alicyclic amines) is 1. The zero-order chi connectivity index (χ0) is 20.0. The van der Waals surface area contributed by atoms with Crippen LogP contribution in [0, 0.1) is 12.8 Å². The van der Waals surface area contributed by atoms with Crippen LogP contribution in [-0.4, -0.2) is 39.0 Å². The lowest BCUT2D eigenvalue weighted by molar-refractivity contribution is 0.131. The van der Waals surface area contributed by atoms with Gasteiger partial charge in [-0.05, 0) is 43.4 Å². The Morgan fingerprint density at radius 1 is 1.11 bits per heavy atom. The van der Waals surface area contributed by atoms with Crippen LogP contribution in [0.1, 0.15) is 24.0 Å². The third-order valence-corrected chi connectivity index (χ3v) is 6.17. The van der Waals surface area contributed by atoms with Crippen LogP contribution < -0.4 is 9.46 Å². The molecule has 3 rings (SSSR count). The first-order valence-electron chi connectivity index (χ1n) is 9.46. The lowest BCUT2D eigenvalue weighted by Crippen LogP contribution is -2.42. The van der Waals surface area contributed by atoms with Crippen LogP contribution in [0.25, 0.3) is 0 Å². The second kappa shape index (κ2) is 9.21. The van der Waals surface area contributed by atoms with Crippen LogP contribution in [-0.2, 0) is 15.8 Å². The van der Waals surface area contributed by atoms with Crippen LogP contribution in [0.5, 0.6) is 5.75 Å². The van der Waals surface area contributed by atoms with Crippen molar-refractivity contribution in [1.82, 2.24) is 9.62 Å². The highest BCUT2D eigenvalue weighted by Gasteiger charge is 2.25. The molecule has 1 heterocycles. The number of carbonyl (C=O) groups is 1. The molecule has 0 atom stereocenters. The number of nitrogens with one attached hydrogen (secondary N) is 1. The fourth-order valence-electron chi connectivity index (χ4n) is 3.29. The van der Waals surface area contributed by atoms with E-state index >= 15 is 0 Å². The van der Waals surface area contributed by atoms with Crippen molar-refractivity contribution in [3.63, 3.8) is 0 Å². The first-order valence-corrected chi connectivity index (χ1v) is 11.1. The molecule has 6 nitrogen and oxygen atoms in total. The van der Waals surface area contributed by atoms with Gasteiger partial charge in [0, 0.05) is 19.6 Å². The number of hydrogen-bond donors (Lipinski definition) is 1.